The summed E-state index contributed by atoms with van der Waals surface area (Å²) in [6.07, 6.45) is 2.16. The first-order chi connectivity index (χ1) is 18.1. The lowest BCUT2D eigenvalue weighted by Gasteiger charge is -2.29. The number of hydrogen-bond donors (Lipinski definition) is 3. The van der Waals surface area contributed by atoms with Crippen molar-refractivity contribution in [1.82, 2.24) is 10.0 Å². The molecular formula is C29H31FN2O5S. The number of amides is 1. The van der Waals surface area contributed by atoms with Gasteiger partial charge in [-0.25, -0.2) is 17.5 Å². The van der Waals surface area contributed by atoms with Crippen LogP contribution in [-0.4, -0.2) is 31.4 Å². The monoisotopic (exact) mass is 538 g/mol. The highest BCUT2D eigenvalue weighted by molar-refractivity contribution is 7.89. The van der Waals surface area contributed by atoms with Crippen LogP contribution in [0.5, 0.6) is 0 Å². The Hall–Kier alpha value is -3.56. The fourth-order valence-corrected chi connectivity index (χ4v) is 6.09. The smallest absolute Gasteiger partial charge is 0.307 e. The Bertz CT molecular complexity index is 1380. The number of nitrogens with one attached hydrogen (secondary N) is 2. The topological polar surface area (TPSA) is 113 Å². The highest BCUT2D eigenvalue weighted by Gasteiger charge is 2.29. The van der Waals surface area contributed by atoms with Crippen molar-refractivity contribution < 1.29 is 27.5 Å². The van der Waals surface area contributed by atoms with E-state index < -0.39 is 16.0 Å². The van der Waals surface area contributed by atoms with Crippen LogP contribution in [0.25, 0.3) is 11.1 Å². The summed E-state index contributed by atoms with van der Waals surface area (Å²) in [5.74, 6) is -1.52. The number of carbonyl (C=O) groups excluding carboxylic acids is 1. The van der Waals surface area contributed by atoms with Gasteiger partial charge in [0.25, 0.3) is 0 Å². The SMILES string of the molecule is C[C@@H](NC(=O)[C@H]1CC[C@H](NS(=O)(=O)c2ccc(-c3cccc(CC(=O)O)c3)cc2)CC1)c1ccc(F)cc1. The van der Waals surface area contributed by atoms with Gasteiger partial charge >= 0.3 is 5.97 Å². The lowest BCUT2D eigenvalue weighted by molar-refractivity contribution is -0.136. The molecule has 3 aromatic carbocycles. The highest BCUT2D eigenvalue weighted by Crippen LogP contribution is 2.28. The minimum atomic E-state index is -3.74. The predicted octanol–water partition coefficient (Wildman–Crippen LogP) is 4.83. The third kappa shape index (κ3) is 7.05. The van der Waals surface area contributed by atoms with Crippen LogP contribution >= 0.6 is 0 Å². The van der Waals surface area contributed by atoms with E-state index in [0.29, 0.717) is 31.2 Å². The van der Waals surface area contributed by atoms with E-state index in [2.05, 4.69) is 10.0 Å². The Kier molecular flexibility index (Phi) is 8.58. The molecule has 0 bridgehead atoms. The van der Waals surface area contributed by atoms with Crippen molar-refractivity contribution in [3.63, 3.8) is 0 Å². The summed E-state index contributed by atoms with van der Waals surface area (Å²) in [7, 11) is -3.74. The zero-order valence-corrected chi connectivity index (χ0v) is 21.9. The molecule has 38 heavy (non-hydrogen) atoms. The standard InChI is InChI=1S/C29H31FN2O5S/c1-19(21-5-11-25(30)12-6-21)31-29(35)23-7-13-26(14-8-23)32-38(36,37)27-15-9-22(10-16-27)24-4-2-3-20(17-24)18-28(33)34/h2-6,9-12,15-17,19,23,26,32H,7-8,13-14,18H2,1H3,(H,31,35)(H,33,34)/t19-,23-,26-/m1/s1. The molecule has 0 aliphatic heterocycles. The lowest BCUT2D eigenvalue weighted by Crippen LogP contribution is -2.41. The summed E-state index contributed by atoms with van der Waals surface area (Å²) >= 11 is 0. The van der Waals surface area contributed by atoms with Gasteiger partial charge < -0.3 is 10.4 Å². The van der Waals surface area contributed by atoms with Crippen LogP contribution < -0.4 is 10.0 Å². The van der Waals surface area contributed by atoms with Crippen molar-refractivity contribution in [1.29, 1.82) is 0 Å². The molecule has 3 N–H and O–H groups in total. The molecule has 1 fully saturated rings. The molecule has 0 heterocycles. The number of rotatable bonds is 9. The van der Waals surface area contributed by atoms with Gasteiger partial charge in [0.05, 0.1) is 17.4 Å². The summed E-state index contributed by atoms with van der Waals surface area (Å²) in [5, 5.41) is 12.0. The molecule has 1 amide bonds. The Morgan fingerprint density at radius 3 is 2.24 bits per heavy atom. The minimum Gasteiger partial charge on any atom is -0.481 e. The Balaban J connectivity index is 1.31. The van der Waals surface area contributed by atoms with Gasteiger partial charge in [-0.05, 0) is 79.1 Å². The third-order valence-electron chi connectivity index (χ3n) is 6.93. The van der Waals surface area contributed by atoms with E-state index in [1.165, 1.54) is 24.3 Å². The van der Waals surface area contributed by atoms with Crippen molar-refractivity contribution >= 4 is 21.9 Å². The van der Waals surface area contributed by atoms with Crippen molar-refractivity contribution in [2.75, 3.05) is 0 Å². The van der Waals surface area contributed by atoms with Crippen molar-refractivity contribution in [3.05, 3.63) is 89.7 Å². The average molecular weight is 539 g/mol. The fraction of sp³-hybridized carbons (Fsp3) is 0.310. The van der Waals surface area contributed by atoms with Crippen LogP contribution in [-0.2, 0) is 26.0 Å². The molecule has 7 nitrogen and oxygen atoms in total. The van der Waals surface area contributed by atoms with Crippen LogP contribution in [0.1, 0.15) is 49.8 Å². The molecule has 1 aliphatic carbocycles. The Morgan fingerprint density at radius 2 is 1.61 bits per heavy atom. The van der Waals surface area contributed by atoms with E-state index in [9.17, 15) is 22.4 Å². The molecule has 1 atom stereocenters. The van der Waals surface area contributed by atoms with Crippen LogP contribution in [0.15, 0.2) is 77.7 Å². The highest BCUT2D eigenvalue weighted by atomic mass is 32.2. The summed E-state index contributed by atoms with van der Waals surface area (Å²) < 4.78 is 41.9. The van der Waals surface area contributed by atoms with Crippen LogP contribution in [0.2, 0.25) is 0 Å². The number of sulfonamides is 1. The van der Waals surface area contributed by atoms with Gasteiger partial charge in [-0.3, -0.25) is 9.59 Å². The molecule has 0 saturated heterocycles. The maximum absolute atomic E-state index is 13.1. The summed E-state index contributed by atoms with van der Waals surface area (Å²) in [6, 6.07) is 19.2. The minimum absolute atomic E-state index is 0.0776. The largest absolute Gasteiger partial charge is 0.481 e. The predicted molar refractivity (Wildman–Crippen MR) is 142 cm³/mol. The first kappa shape index (κ1) is 27.5. The molecule has 0 spiro atoms. The number of carboxylic acids is 1. The van der Waals surface area contributed by atoms with Gasteiger partial charge in [0.2, 0.25) is 15.9 Å². The van der Waals surface area contributed by atoms with E-state index in [1.54, 1.807) is 42.5 Å². The molecule has 200 valence electrons. The molecule has 0 radical (unpaired) electrons. The second kappa shape index (κ2) is 11.9. The molecule has 4 rings (SSSR count). The first-order valence-electron chi connectivity index (χ1n) is 12.6. The summed E-state index contributed by atoms with van der Waals surface area (Å²) in [5.41, 5.74) is 3.09. The van der Waals surface area contributed by atoms with Gasteiger partial charge in [-0.1, -0.05) is 48.5 Å². The molecule has 1 aliphatic rings. The van der Waals surface area contributed by atoms with E-state index in [0.717, 1.165) is 16.7 Å². The number of benzene rings is 3. The van der Waals surface area contributed by atoms with Crippen molar-refractivity contribution in [2.45, 2.75) is 56.0 Å². The van der Waals surface area contributed by atoms with Gasteiger partial charge in [-0.15, -0.1) is 0 Å². The summed E-state index contributed by atoms with van der Waals surface area (Å²) in [6.45, 7) is 1.85. The number of aliphatic carboxylic acids is 1. The van der Waals surface area contributed by atoms with Gasteiger partial charge in [0, 0.05) is 12.0 Å². The van der Waals surface area contributed by atoms with Crippen LogP contribution in [0, 0.1) is 11.7 Å². The zero-order valence-electron chi connectivity index (χ0n) is 21.1. The van der Waals surface area contributed by atoms with Gasteiger partial charge in [-0.2, -0.15) is 0 Å². The Morgan fingerprint density at radius 1 is 0.947 bits per heavy atom. The quantitative estimate of drug-likeness (QED) is 0.361. The second-order valence-electron chi connectivity index (χ2n) is 9.75. The van der Waals surface area contributed by atoms with E-state index in [4.69, 9.17) is 5.11 Å². The average Bonchev–Trinajstić information content (AvgIpc) is 2.89. The second-order valence-corrected chi connectivity index (χ2v) is 11.5. The number of hydrogen-bond acceptors (Lipinski definition) is 4. The molecule has 9 heteroatoms. The number of halogens is 1. The van der Waals surface area contributed by atoms with Crippen LogP contribution in [0.3, 0.4) is 0 Å². The van der Waals surface area contributed by atoms with E-state index in [1.807, 2.05) is 13.0 Å². The maximum Gasteiger partial charge on any atom is 0.307 e. The molecular weight excluding hydrogens is 507 g/mol. The molecule has 1 saturated carbocycles. The Labute approximate surface area is 222 Å². The molecule has 0 aromatic heterocycles. The molecule has 0 unspecified atom stereocenters. The van der Waals surface area contributed by atoms with Crippen molar-refractivity contribution in [2.24, 2.45) is 5.92 Å². The van der Waals surface area contributed by atoms with E-state index >= 15 is 0 Å². The molecule has 3 aromatic rings. The van der Waals surface area contributed by atoms with Gasteiger partial charge in [0.15, 0.2) is 0 Å². The number of carboxylic acid groups (broad SMARTS) is 1. The fourth-order valence-electron chi connectivity index (χ4n) is 4.79. The first-order valence-corrected chi connectivity index (χ1v) is 14.1. The third-order valence-corrected chi connectivity index (χ3v) is 8.47. The van der Waals surface area contributed by atoms with Crippen LogP contribution in [0.4, 0.5) is 4.39 Å². The van der Waals surface area contributed by atoms with E-state index in [-0.39, 0.29) is 41.0 Å². The lowest BCUT2D eigenvalue weighted by atomic mass is 9.85. The van der Waals surface area contributed by atoms with Crippen molar-refractivity contribution in [3.8, 4) is 11.1 Å². The zero-order chi connectivity index (χ0) is 27.3. The summed E-state index contributed by atoms with van der Waals surface area (Å²) in [4.78, 5) is 23.9. The number of carbonyl (C=O) groups is 2. The van der Waals surface area contributed by atoms with Gasteiger partial charge in [0.1, 0.15) is 5.82 Å². The maximum atomic E-state index is 13.1. The normalized spacial score (nSPS) is 18.5.